The van der Waals surface area contributed by atoms with E-state index in [2.05, 4.69) is 15.3 Å². The minimum absolute atomic E-state index is 0.0255. The molecule has 3 aromatic rings. The van der Waals surface area contributed by atoms with Gasteiger partial charge in [-0.3, -0.25) is 14.8 Å². The molecule has 1 aliphatic heterocycles. The average molecular weight is 504 g/mol. The summed E-state index contributed by atoms with van der Waals surface area (Å²) in [5.41, 5.74) is 3.88. The minimum atomic E-state index is -0.665. The maximum atomic E-state index is 13.5. The van der Waals surface area contributed by atoms with Crippen LogP contribution in [0, 0.1) is 0 Å². The number of aromatic nitrogens is 2. The van der Waals surface area contributed by atoms with Gasteiger partial charge in [0.2, 0.25) is 5.95 Å². The lowest BCUT2D eigenvalue weighted by Gasteiger charge is -2.32. The smallest absolute Gasteiger partial charge is 0.277 e. The Kier molecular flexibility index (Phi) is 8.32. The van der Waals surface area contributed by atoms with Crippen LogP contribution in [-0.2, 0) is 4.79 Å². The molecule has 10 heteroatoms. The van der Waals surface area contributed by atoms with Crippen LogP contribution in [-0.4, -0.2) is 60.3 Å². The van der Waals surface area contributed by atoms with E-state index < -0.39 is 5.91 Å². The number of benzene rings is 2. The molecule has 1 aliphatic rings. The average Bonchev–Trinajstić information content (AvgIpc) is 2.96. The van der Waals surface area contributed by atoms with Crippen LogP contribution in [0.4, 0.5) is 5.95 Å². The molecule has 10 nitrogen and oxygen atoms in total. The SMILES string of the molecule is COc1ccc(C(=Cc2ccccc2)C(=O)NC2CCN(c3ncc(C(=O)NO)cn3)CC2)cc1OC. The van der Waals surface area contributed by atoms with E-state index in [9.17, 15) is 9.59 Å². The molecular weight excluding hydrogens is 474 g/mol. The Hall–Kier alpha value is -4.44. The minimum Gasteiger partial charge on any atom is -0.493 e. The molecule has 2 heterocycles. The number of carbonyl (C=O) groups is 2. The van der Waals surface area contributed by atoms with Crippen molar-refractivity contribution in [3.8, 4) is 11.5 Å². The van der Waals surface area contributed by atoms with Crippen LogP contribution in [0.25, 0.3) is 11.6 Å². The fourth-order valence-corrected chi connectivity index (χ4v) is 4.15. The van der Waals surface area contributed by atoms with Crippen molar-refractivity contribution in [2.24, 2.45) is 0 Å². The summed E-state index contributed by atoms with van der Waals surface area (Å²) in [7, 11) is 3.14. The van der Waals surface area contributed by atoms with E-state index in [0.29, 0.717) is 49.0 Å². The first-order valence-electron chi connectivity index (χ1n) is 11.8. The number of methoxy groups -OCH3 is 2. The van der Waals surface area contributed by atoms with E-state index in [0.717, 1.165) is 11.1 Å². The van der Waals surface area contributed by atoms with E-state index in [1.54, 1.807) is 31.8 Å². The number of nitrogens with one attached hydrogen (secondary N) is 2. The molecule has 0 bridgehead atoms. The first kappa shape index (κ1) is 25.6. The second-order valence-corrected chi connectivity index (χ2v) is 8.49. The highest BCUT2D eigenvalue weighted by molar-refractivity contribution is 6.24. The highest BCUT2D eigenvalue weighted by Gasteiger charge is 2.24. The third kappa shape index (κ3) is 6.22. The van der Waals surface area contributed by atoms with E-state index in [-0.39, 0.29) is 17.5 Å². The predicted molar refractivity (Wildman–Crippen MR) is 139 cm³/mol. The molecule has 0 aliphatic carbocycles. The van der Waals surface area contributed by atoms with Gasteiger partial charge < -0.3 is 19.7 Å². The van der Waals surface area contributed by atoms with E-state index in [1.165, 1.54) is 12.4 Å². The zero-order chi connectivity index (χ0) is 26.2. The molecule has 1 saturated heterocycles. The number of hydroxylamine groups is 1. The van der Waals surface area contributed by atoms with Gasteiger partial charge in [0.25, 0.3) is 11.8 Å². The highest BCUT2D eigenvalue weighted by atomic mass is 16.5. The molecule has 0 atom stereocenters. The molecule has 4 rings (SSSR count). The molecule has 2 aromatic carbocycles. The van der Waals surface area contributed by atoms with Crippen molar-refractivity contribution in [2.45, 2.75) is 18.9 Å². The fourth-order valence-electron chi connectivity index (χ4n) is 4.15. The van der Waals surface area contributed by atoms with Crippen molar-refractivity contribution in [1.82, 2.24) is 20.8 Å². The van der Waals surface area contributed by atoms with Crippen molar-refractivity contribution >= 4 is 29.4 Å². The van der Waals surface area contributed by atoms with Crippen molar-refractivity contribution in [2.75, 3.05) is 32.2 Å². The van der Waals surface area contributed by atoms with E-state index >= 15 is 0 Å². The Morgan fingerprint density at radius 1 is 0.973 bits per heavy atom. The van der Waals surface area contributed by atoms with Gasteiger partial charge in [-0.05, 0) is 42.2 Å². The Balaban J connectivity index is 1.47. The van der Waals surface area contributed by atoms with Gasteiger partial charge in [-0.2, -0.15) is 0 Å². The number of hydrogen-bond donors (Lipinski definition) is 3. The van der Waals surface area contributed by atoms with E-state index in [4.69, 9.17) is 14.7 Å². The second-order valence-electron chi connectivity index (χ2n) is 8.49. The van der Waals surface area contributed by atoms with E-state index in [1.807, 2.05) is 47.4 Å². The Morgan fingerprint density at radius 3 is 2.27 bits per heavy atom. The number of hydrogen-bond acceptors (Lipinski definition) is 8. The molecule has 192 valence electrons. The number of nitrogens with zero attached hydrogens (tertiary/aromatic N) is 3. The number of rotatable bonds is 8. The number of ether oxygens (including phenoxy) is 2. The second kappa shape index (κ2) is 12.0. The summed E-state index contributed by atoms with van der Waals surface area (Å²) in [6.45, 7) is 1.29. The predicted octanol–water partition coefficient (Wildman–Crippen LogP) is 2.94. The number of carbonyl (C=O) groups excluding carboxylic acids is 2. The molecular formula is C27H29N5O5. The number of anilines is 1. The maximum absolute atomic E-state index is 13.5. The molecule has 1 fully saturated rings. The van der Waals surface area contributed by atoms with Crippen molar-refractivity contribution < 1.29 is 24.3 Å². The Morgan fingerprint density at radius 2 is 1.65 bits per heavy atom. The van der Waals surface area contributed by atoms with Gasteiger partial charge in [0.15, 0.2) is 11.5 Å². The van der Waals surface area contributed by atoms with Gasteiger partial charge in [-0.15, -0.1) is 0 Å². The maximum Gasteiger partial charge on any atom is 0.277 e. The first-order chi connectivity index (χ1) is 18.0. The molecule has 0 saturated carbocycles. The third-order valence-corrected chi connectivity index (χ3v) is 6.16. The van der Waals surface area contributed by atoms with Crippen LogP contribution in [0.15, 0.2) is 60.9 Å². The monoisotopic (exact) mass is 503 g/mol. The summed E-state index contributed by atoms with van der Waals surface area (Å²) >= 11 is 0. The molecule has 37 heavy (non-hydrogen) atoms. The summed E-state index contributed by atoms with van der Waals surface area (Å²) in [6.07, 6.45) is 6.01. The lowest BCUT2D eigenvalue weighted by molar-refractivity contribution is -0.116. The Bertz CT molecular complexity index is 1260. The van der Waals surface area contributed by atoms with Gasteiger partial charge in [0.05, 0.1) is 19.8 Å². The van der Waals surface area contributed by atoms with Gasteiger partial charge >= 0.3 is 0 Å². The van der Waals surface area contributed by atoms with Gasteiger partial charge in [-0.25, -0.2) is 15.4 Å². The zero-order valence-electron chi connectivity index (χ0n) is 20.7. The van der Waals surface area contributed by atoms with Crippen molar-refractivity contribution in [3.05, 3.63) is 77.6 Å². The molecule has 3 N–H and O–H groups in total. The van der Waals surface area contributed by atoms with Crippen molar-refractivity contribution in [3.63, 3.8) is 0 Å². The molecule has 0 radical (unpaired) electrons. The third-order valence-electron chi connectivity index (χ3n) is 6.16. The van der Waals surface area contributed by atoms with Gasteiger partial charge in [0, 0.05) is 37.1 Å². The molecule has 2 amide bonds. The molecule has 0 spiro atoms. The zero-order valence-corrected chi connectivity index (χ0v) is 20.7. The first-order valence-corrected chi connectivity index (χ1v) is 11.8. The summed E-state index contributed by atoms with van der Waals surface area (Å²) in [6, 6.07) is 15.1. The van der Waals surface area contributed by atoms with Gasteiger partial charge in [-0.1, -0.05) is 36.4 Å². The standard InChI is InChI=1S/C27H29N5O5/c1-36-23-9-8-19(15-24(23)37-2)22(14-18-6-4-3-5-7-18)26(34)30-21-10-12-32(13-11-21)27-28-16-20(17-29-27)25(33)31-35/h3-9,14-17,21,35H,10-13H2,1-2H3,(H,30,34)(H,31,33). The number of piperidine rings is 1. The molecule has 1 aromatic heterocycles. The van der Waals surface area contributed by atoms with Gasteiger partial charge in [0.1, 0.15) is 0 Å². The molecule has 0 unspecified atom stereocenters. The normalized spacial score (nSPS) is 14.1. The largest absolute Gasteiger partial charge is 0.493 e. The highest BCUT2D eigenvalue weighted by Crippen LogP contribution is 2.31. The van der Waals surface area contributed by atoms with Crippen LogP contribution in [0.3, 0.4) is 0 Å². The summed E-state index contributed by atoms with van der Waals surface area (Å²) in [5.74, 6) is 0.786. The quantitative estimate of drug-likeness (QED) is 0.185. The van der Waals surface area contributed by atoms with Crippen LogP contribution >= 0.6 is 0 Å². The van der Waals surface area contributed by atoms with Crippen LogP contribution < -0.4 is 25.2 Å². The fraction of sp³-hybridized carbons (Fsp3) is 0.259. The Labute approximate surface area is 214 Å². The number of amides is 2. The van der Waals surface area contributed by atoms with Crippen LogP contribution in [0.2, 0.25) is 0 Å². The summed E-state index contributed by atoms with van der Waals surface area (Å²) < 4.78 is 10.8. The van der Waals surface area contributed by atoms with Crippen LogP contribution in [0.5, 0.6) is 11.5 Å². The summed E-state index contributed by atoms with van der Waals surface area (Å²) in [4.78, 5) is 35.4. The summed E-state index contributed by atoms with van der Waals surface area (Å²) in [5, 5.41) is 11.9. The van der Waals surface area contributed by atoms with Crippen molar-refractivity contribution in [1.29, 1.82) is 0 Å². The lowest BCUT2D eigenvalue weighted by atomic mass is 9.99. The lowest BCUT2D eigenvalue weighted by Crippen LogP contribution is -2.45. The van der Waals surface area contributed by atoms with Crippen LogP contribution in [0.1, 0.15) is 34.3 Å². The topological polar surface area (TPSA) is 126 Å².